The van der Waals surface area contributed by atoms with Gasteiger partial charge in [-0.2, -0.15) is 5.10 Å². The Kier molecular flexibility index (Phi) is 3.37. The number of pyridine rings is 1. The van der Waals surface area contributed by atoms with Crippen molar-refractivity contribution in [2.45, 2.75) is 6.54 Å². The summed E-state index contributed by atoms with van der Waals surface area (Å²) in [6.07, 6.45) is 4.17. The Balaban J connectivity index is 2.14. The van der Waals surface area contributed by atoms with Crippen LogP contribution >= 0.6 is 0 Å². The van der Waals surface area contributed by atoms with Gasteiger partial charge in [-0.3, -0.25) is 20.0 Å². The number of carbonyl (C=O) groups is 1. The largest absolute Gasteiger partial charge is 0.383 e. The van der Waals surface area contributed by atoms with E-state index in [0.29, 0.717) is 0 Å². The highest BCUT2D eigenvalue weighted by Crippen LogP contribution is 2.16. The smallest absolute Gasteiger partial charge is 0.288 e. The number of rotatable bonds is 4. The molecule has 0 aromatic carbocycles. The number of anilines is 1. The van der Waals surface area contributed by atoms with Crippen molar-refractivity contribution in [2.24, 2.45) is 0 Å². The Morgan fingerprint density at radius 3 is 2.95 bits per heavy atom. The Morgan fingerprint density at radius 2 is 2.32 bits per heavy atom. The van der Waals surface area contributed by atoms with E-state index in [1.54, 1.807) is 12.4 Å². The molecule has 2 aromatic rings. The molecule has 19 heavy (non-hydrogen) atoms. The van der Waals surface area contributed by atoms with Gasteiger partial charge >= 0.3 is 0 Å². The Labute approximate surface area is 107 Å². The molecule has 0 atom stereocenters. The van der Waals surface area contributed by atoms with Crippen LogP contribution in [0.5, 0.6) is 0 Å². The monoisotopic (exact) mass is 262 g/mol. The number of amides is 1. The third-order valence-electron chi connectivity index (χ3n) is 2.37. The molecule has 2 rings (SSSR count). The predicted molar refractivity (Wildman–Crippen MR) is 65.1 cm³/mol. The maximum absolute atomic E-state index is 11.9. The van der Waals surface area contributed by atoms with E-state index in [1.165, 1.54) is 0 Å². The van der Waals surface area contributed by atoms with Gasteiger partial charge in [0, 0.05) is 24.4 Å². The van der Waals surface area contributed by atoms with E-state index in [4.69, 9.17) is 5.73 Å². The molecule has 0 radical (unpaired) electrons. The van der Waals surface area contributed by atoms with Gasteiger partial charge in [0.05, 0.1) is 16.7 Å². The van der Waals surface area contributed by atoms with E-state index >= 15 is 0 Å². The zero-order valence-electron chi connectivity index (χ0n) is 9.66. The molecule has 0 saturated heterocycles. The van der Waals surface area contributed by atoms with E-state index < -0.39 is 10.8 Å². The molecule has 4 N–H and O–H groups in total. The summed E-state index contributed by atoms with van der Waals surface area (Å²) in [5.74, 6) is -0.592. The van der Waals surface area contributed by atoms with Crippen molar-refractivity contribution in [1.82, 2.24) is 20.5 Å². The molecular weight excluding hydrogens is 252 g/mol. The lowest BCUT2D eigenvalue weighted by Gasteiger charge is -2.05. The van der Waals surface area contributed by atoms with E-state index in [0.717, 1.165) is 17.8 Å². The molecule has 9 nitrogen and oxygen atoms in total. The van der Waals surface area contributed by atoms with E-state index in [-0.39, 0.29) is 23.6 Å². The second-order valence-corrected chi connectivity index (χ2v) is 3.67. The van der Waals surface area contributed by atoms with Crippen LogP contribution in [0.4, 0.5) is 11.5 Å². The maximum atomic E-state index is 11.9. The van der Waals surface area contributed by atoms with Gasteiger partial charge < -0.3 is 11.1 Å². The van der Waals surface area contributed by atoms with Crippen molar-refractivity contribution in [3.8, 4) is 0 Å². The molecule has 0 aliphatic rings. The van der Waals surface area contributed by atoms with Gasteiger partial charge in [-0.05, 0) is 0 Å². The summed E-state index contributed by atoms with van der Waals surface area (Å²) in [5, 5.41) is 19.5. The van der Waals surface area contributed by atoms with Gasteiger partial charge in [-0.1, -0.05) is 0 Å². The summed E-state index contributed by atoms with van der Waals surface area (Å²) < 4.78 is 0. The quantitative estimate of drug-likeness (QED) is 0.532. The standard InChI is InChI=1S/C10H10N6O3/c11-9-8(1-7(5-12-9)16(18)19)10(17)13-2-6-3-14-15-4-6/h1,3-5H,2H2,(H2,11,12)(H,13,17)(H,14,15). The Bertz CT molecular complexity index is 610. The van der Waals surface area contributed by atoms with Gasteiger partial charge in [-0.25, -0.2) is 4.98 Å². The second kappa shape index (κ2) is 5.12. The number of aromatic amines is 1. The topological polar surface area (TPSA) is 140 Å². The van der Waals surface area contributed by atoms with Crippen LogP contribution in [0.25, 0.3) is 0 Å². The van der Waals surface area contributed by atoms with E-state index in [1.807, 2.05) is 0 Å². The first-order valence-corrected chi connectivity index (χ1v) is 5.23. The van der Waals surface area contributed by atoms with E-state index in [2.05, 4.69) is 20.5 Å². The van der Waals surface area contributed by atoms with Crippen molar-refractivity contribution in [1.29, 1.82) is 0 Å². The molecular formula is C10H10N6O3. The molecule has 2 aromatic heterocycles. The lowest BCUT2D eigenvalue weighted by molar-refractivity contribution is -0.385. The highest BCUT2D eigenvalue weighted by atomic mass is 16.6. The van der Waals surface area contributed by atoms with Crippen molar-refractivity contribution < 1.29 is 9.72 Å². The SMILES string of the molecule is Nc1ncc([N+](=O)[O-])cc1C(=O)NCc1cn[nH]c1. The molecule has 0 spiro atoms. The average Bonchev–Trinajstić information content (AvgIpc) is 2.89. The number of nitrogen functional groups attached to an aromatic ring is 1. The number of hydrogen-bond acceptors (Lipinski definition) is 6. The minimum atomic E-state index is -0.640. The molecule has 2 heterocycles. The summed E-state index contributed by atoms with van der Waals surface area (Å²) in [7, 11) is 0. The number of carbonyl (C=O) groups excluding carboxylic acids is 1. The lowest BCUT2D eigenvalue weighted by Crippen LogP contribution is -2.24. The van der Waals surface area contributed by atoms with Crippen LogP contribution in [0.1, 0.15) is 15.9 Å². The van der Waals surface area contributed by atoms with Gasteiger partial charge in [0.2, 0.25) is 0 Å². The lowest BCUT2D eigenvalue weighted by atomic mass is 10.2. The first-order valence-electron chi connectivity index (χ1n) is 5.23. The minimum Gasteiger partial charge on any atom is -0.383 e. The molecule has 0 fully saturated rings. The van der Waals surface area contributed by atoms with Gasteiger partial charge in [-0.15, -0.1) is 0 Å². The normalized spacial score (nSPS) is 10.1. The third kappa shape index (κ3) is 2.83. The van der Waals surface area contributed by atoms with Gasteiger partial charge in [0.1, 0.15) is 12.0 Å². The fraction of sp³-hybridized carbons (Fsp3) is 0.100. The minimum absolute atomic E-state index is 0.0299. The predicted octanol–water partition coefficient (Wildman–Crippen LogP) is 0.225. The first-order chi connectivity index (χ1) is 9.08. The summed E-state index contributed by atoms with van der Waals surface area (Å²) in [4.78, 5) is 25.4. The second-order valence-electron chi connectivity index (χ2n) is 3.67. The molecule has 0 unspecified atom stereocenters. The fourth-order valence-electron chi connectivity index (χ4n) is 1.40. The van der Waals surface area contributed by atoms with Gasteiger partial charge in [0.15, 0.2) is 0 Å². The number of H-pyrrole nitrogens is 1. The average molecular weight is 262 g/mol. The molecule has 98 valence electrons. The van der Waals surface area contributed by atoms with Crippen LogP contribution in [0.2, 0.25) is 0 Å². The van der Waals surface area contributed by atoms with Crippen LogP contribution in [-0.4, -0.2) is 26.0 Å². The highest BCUT2D eigenvalue weighted by Gasteiger charge is 2.16. The van der Waals surface area contributed by atoms with Crippen LogP contribution in [0.15, 0.2) is 24.7 Å². The van der Waals surface area contributed by atoms with Crippen LogP contribution < -0.4 is 11.1 Å². The summed E-state index contributed by atoms with van der Waals surface area (Å²) >= 11 is 0. The van der Waals surface area contributed by atoms with E-state index in [9.17, 15) is 14.9 Å². The number of nitrogens with zero attached hydrogens (tertiary/aromatic N) is 3. The van der Waals surface area contributed by atoms with Crippen LogP contribution in [0, 0.1) is 10.1 Å². The molecule has 9 heteroatoms. The Morgan fingerprint density at radius 1 is 1.53 bits per heavy atom. The van der Waals surface area contributed by atoms with Crippen LogP contribution in [-0.2, 0) is 6.54 Å². The van der Waals surface area contributed by atoms with Crippen molar-refractivity contribution in [3.05, 3.63) is 45.9 Å². The van der Waals surface area contributed by atoms with Crippen LogP contribution in [0.3, 0.4) is 0 Å². The number of nitrogens with one attached hydrogen (secondary N) is 2. The Hall–Kier alpha value is -2.97. The fourth-order valence-corrected chi connectivity index (χ4v) is 1.40. The van der Waals surface area contributed by atoms with Crippen molar-refractivity contribution in [3.63, 3.8) is 0 Å². The summed E-state index contributed by atoms with van der Waals surface area (Å²) in [6.45, 7) is 0.234. The maximum Gasteiger partial charge on any atom is 0.288 e. The molecule has 0 bridgehead atoms. The first kappa shape index (κ1) is 12.5. The number of nitro groups is 1. The van der Waals surface area contributed by atoms with Crippen molar-refractivity contribution >= 4 is 17.4 Å². The highest BCUT2D eigenvalue weighted by molar-refractivity contribution is 5.98. The molecule has 0 aliphatic carbocycles. The molecule has 0 saturated carbocycles. The van der Waals surface area contributed by atoms with Crippen molar-refractivity contribution in [2.75, 3.05) is 5.73 Å². The molecule has 0 aliphatic heterocycles. The number of nitrogens with two attached hydrogens (primary N) is 1. The number of aromatic nitrogens is 3. The zero-order valence-corrected chi connectivity index (χ0v) is 9.66. The summed E-state index contributed by atoms with van der Waals surface area (Å²) in [5.41, 5.74) is 5.98. The molecule has 1 amide bonds. The third-order valence-corrected chi connectivity index (χ3v) is 2.37. The van der Waals surface area contributed by atoms with Gasteiger partial charge in [0.25, 0.3) is 11.6 Å². The zero-order chi connectivity index (χ0) is 13.8. The number of hydrogen-bond donors (Lipinski definition) is 3. The summed E-state index contributed by atoms with van der Waals surface area (Å²) in [6, 6.07) is 1.09.